The first-order chi connectivity index (χ1) is 12.1. The Morgan fingerprint density at radius 2 is 1.92 bits per heavy atom. The zero-order valence-corrected chi connectivity index (χ0v) is 15.0. The number of carbonyl (C=O) groups is 1. The molecule has 1 N–H and O–H groups in total. The molecule has 2 aromatic rings. The SMILES string of the molecule is Cc1ccc(-c2cc(C(=O)NCCCN3CCN(C)CC3)on2)cc1. The van der Waals surface area contributed by atoms with E-state index in [0.717, 1.165) is 44.7 Å². The number of aromatic nitrogens is 1. The number of aryl methyl sites for hydroxylation is 1. The number of amides is 1. The van der Waals surface area contributed by atoms with E-state index < -0.39 is 0 Å². The molecule has 0 unspecified atom stereocenters. The first kappa shape index (κ1) is 17.6. The zero-order valence-electron chi connectivity index (χ0n) is 15.0. The van der Waals surface area contributed by atoms with Gasteiger partial charge in [0.05, 0.1) is 0 Å². The first-order valence-electron chi connectivity index (χ1n) is 8.85. The van der Waals surface area contributed by atoms with Gasteiger partial charge < -0.3 is 19.6 Å². The van der Waals surface area contributed by atoms with Crippen molar-refractivity contribution in [3.8, 4) is 11.3 Å². The quantitative estimate of drug-likeness (QED) is 0.814. The fraction of sp³-hybridized carbons (Fsp3) is 0.474. The number of benzene rings is 1. The van der Waals surface area contributed by atoms with Crippen LogP contribution in [0.3, 0.4) is 0 Å². The average Bonchev–Trinajstić information content (AvgIpc) is 3.11. The molecule has 0 spiro atoms. The van der Waals surface area contributed by atoms with Crippen LogP contribution in [0.1, 0.15) is 22.5 Å². The van der Waals surface area contributed by atoms with Gasteiger partial charge in [-0.1, -0.05) is 35.0 Å². The molecule has 1 aliphatic rings. The van der Waals surface area contributed by atoms with Crippen molar-refractivity contribution in [3.05, 3.63) is 41.7 Å². The van der Waals surface area contributed by atoms with E-state index in [2.05, 4.69) is 27.3 Å². The van der Waals surface area contributed by atoms with Gasteiger partial charge in [-0.15, -0.1) is 0 Å². The summed E-state index contributed by atoms with van der Waals surface area (Å²) < 4.78 is 5.19. The maximum absolute atomic E-state index is 12.2. The molecule has 3 rings (SSSR count). The fourth-order valence-electron chi connectivity index (χ4n) is 2.91. The molecule has 1 amide bonds. The van der Waals surface area contributed by atoms with Gasteiger partial charge in [-0.3, -0.25) is 4.79 Å². The van der Waals surface area contributed by atoms with Gasteiger partial charge in [-0.25, -0.2) is 0 Å². The molecular weight excluding hydrogens is 316 g/mol. The highest BCUT2D eigenvalue weighted by Crippen LogP contribution is 2.19. The summed E-state index contributed by atoms with van der Waals surface area (Å²) in [6, 6.07) is 9.68. The van der Waals surface area contributed by atoms with Gasteiger partial charge in [0.2, 0.25) is 5.76 Å². The largest absolute Gasteiger partial charge is 0.350 e. The summed E-state index contributed by atoms with van der Waals surface area (Å²) in [6.07, 6.45) is 0.939. The maximum Gasteiger partial charge on any atom is 0.289 e. The lowest BCUT2D eigenvalue weighted by atomic mass is 10.1. The third kappa shape index (κ3) is 4.90. The lowest BCUT2D eigenvalue weighted by Gasteiger charge is -2.32. The van der Waals surface area contributed by atoms with E-state index in [1.165, 1.54) is 5.56 Å². The van der Waals surface area contributed by atoms with Crippen molar-refractivity contribution in [2.75, 3.05) is 46.3 Å². The molecule has 25 heavy (non-hydrogen) atoms. The van der Waals surface area contributed by atoms with Crippen molar-refractivity contribution in [3.63, 3.8) is 0 Å². The molecule has 0 saturated carbocycles. The molecule has 6 heteroatoms. The summed E-state index contributed by atoms with van der Waals surface area (Å²) in [7, 11) is 2.15. The predicted octanol–water partition coefficient (Wildman–Crippen LogP) is 2.02. The number of piperazine rings is 1. The summed E-state index contributed by atoms with van der Waals surface area (Å²) in [5, 5.41) is 6.91. The number of nitrogens with zero attached hydrogens (tertiary/aromatic N) is 3. The first-order valence-corrected chi connectivity index (χ1v) is 8.85. The summed E-state index contributed by atoms with van der Waals surface area (Å²) in [6.45, 7) is 8.13. The van der Waals surface area contributed by atoms with Gasteiger partial charge in [0.25, 0.3) is 5.91 Å². The molecule has 0 atom stereocenters. The van der Waals surface area contributed by atoms with Crippen LogP contribution in [-0.4, -0.2) is 67.2 Å². The second-order valence-electron chi connectivity index (χ2n) is 6.70. The van der Waals surface area contributed by atoms with Crippen LogP contribution >= 0.6 is 0 Å². The van der Waals surface area contributed by atoms with Gasteiger partial charge in [0.1, 0.15) is 5.69 Å². The fourth-order valence-corrected chi connectivity index (χ4v) is 2.91. The number of likely N-dealkylation sites (N-methyl/N-ethyl adjacent to an activating group) is 1. The van der Waals surface area contributed by atoms with Crippen LogP contribution < -0.4 is 5.32 Å². The van der Waals surface area contributed by atoms with Gasteiger partial charge in [0.15, 0.2) is 0 Å². The average molecular weight is 342 g/mol. The van der Waals surface area contributed by atoms with E-state index in [4.69, 9.17) is 4.52 Å². The van der Waals surface area contributed by atoms with E-state index in [1.54, 1.807) is 6.07 Å². The molecule has 134 valence electrons. The van der Waals surface area contributed by atoms with Crippen LogP contribution in [-0.2, 0) is 0 Å². The molecule has 0 aliphatic carbocycles. The molecular formula is C19H26N4O2. The topological polar surface area (TPSA) is 61.6 Å². The van der Waals surface area contributed by atoms with Crippen LogP contribution in [0.15, 0.2) is 34.9 Å². The Bertz CT molecular complexity index is 688. The normalized spacial score (nSPS) is 16.1. The van der Waals surface area contributed by atoms with Crippen molar-refractivity contribution < 1.29 is 9.32 Å². The second-order valence-corrected chi connectivity index (χ2v) is 6.70. The lowest BCUT2D eigenvalue weighted by molar-refractivity contribution is 0.0913. The minimum Gasteiger partial charge on any atom is -0.350 e. The Hall–Kier alpha value is -2.18. The minimum absolute atomic E-state index is 0.204. The molecule has 1 aromatic carbocycles. The van der Waals surface area contributed by atoms with Gasteiger partial charge >= 0.3 is 0 Å². The van der Waals surface area contributed by atoms with Gasteiger partial charge in [0, 0.05) is 44.4 Å². The maximum atomic E-state index is 12.2. The lowest BCUT2D eigenvalue weighted by Crippen LogP contribution is -2.45. The van der Waals surface area contributed by atoms with E-state index in [9.17, 15) is 4.79 Å². The Balaban J connectivity index is 1.43. The van der Waals surface area contributed by atoms with Gasteiger partial charge in [-0.05, 0) is 26.9 Å². The molecule has 6 nitrogen and oxygen atoms in total. The summed E-state index contributed by atoms with van der Waals surface area (Å²) in [4.78, 5) is 17.0. The Labute approximate surface area is 148 Å². The monoisotopic (exact) mass is 342 g/mol. The Morgan fingerprint density at radius 1 is 1.20 bits per heavy atom. The molecule has 1 fully saturated rings. The van der Waals surface area contributed by atoms with Crippen LogP contribution in [0.25, 0.3) is 11.3 Å². The van der Waals surface area contributed by atoms with Crippen LogP contribution in [0, 0.1) is 6.92 Å². The van der Waals surface area contributed by atoms with Crippen molar-refractivity contribution >= 4 is 5.91 Å². The van der Waals surface area contributed by atoms with Crippen molar-refractivity contribution in [2.45, 2.75) is 13.3 Å². The highest BCUT2D eigenvalue weighted by Gasteiger charge is 2.15. The molecule has 1 aliphatic heterocycles. The standard InChI is InChI=1S/C19H26N4O2/c1-15-4-6-16(7-5-15)17-14-18(25-21-17)19(24)20-8-3-9-23-12-10-22(2)11-13-23/h4-7,14H,3,8-13H2,1-2H3,(H,20,24). The van der Waals surface area contributed by atoms with Crippen LogP contribution in [0.5, 0.6) is 0 Å². The zero-order chi connectivity index (χ0) is 17.6. The van der Waals surface area contributed by atoms with E-state index in [1.807, 2.05) is 31.2 Å². The van der Waals surface area contributed by atoms with Crippen molar-refractivity contribution in [2.24, 2.45) is 0 Å². The van der Waals surface area contributed by atoms with E-state index in [-0.39, 0.29) is 11.7 Å². The Morgan fingerprint density at radius 3 is 2.64 bits per heavy atom. The highest BCUT2D eigenvalue weighted by molar-refractivity contribution is 5.92. The number of nitrogens with one attached hydrogen (secondary N) is 1. The third-order valence-electron chi connectivity index (χ3n) is 4.61. The van der Waals surface area contributed by atoms with Crippen LogP contribution in [0.2, 0.25) is 0 Å². The molecule has 0 bridgehead atoms. The third-order valence-corrected chi connectivity index (χ3v) is 4.61. The number of carbonyl (C=O) groups excluding carboxylic acids is 1. The molecule has 2 heterocycles. The van der Waals surface area contributed by atoms with E-state index in [0.29, 0.717) is 12.2 Å². The summed E-state index contributed by atoms with van der Waals surface area (Å²) in [5.41, 5.74) is 2.82. The highest BCUT2D eigenvalue weighted by atomic mass is 16.5. The summed E-state index contributed by atoms with van der Waals surface area (Å²) in [5.74, 6) is 0.0550. The van der Waals surface area contributed by atoms with E-state index >= 15 is 0 Å². The second kappa shape index (κ2) is 8.27. The van der Waals surface area contributed by atoms with Crippen molar-refractivity contribution in [1.29, 1.82) is 0 Å². The molecule has 1 saturated heterocycles. The smallest absolute Gasteiger partial charge is 0.289 e. The minimum atomic E-state index is -0.204. The molecule has 0 radical (unpaired) electrons. The van der Waals surface area contributed by atoms with Crippen LogP contribution in [0.4, 0.5) is 0 Å². The Kier molecular flexibility index (Phi) is 5.83. The predicted molar refractivity (Wildman–Crippen MR) is 97.6 cm³/mol. The summed E-state index contributed by atoms with van der Waals surface area (Å²) >= 11 is 0. The number of rotatable bonds is 6. The number of hydrogen-bond donors (Lipinski definition) is 1. The van der Waals surface area contributed by atoms with Crippen molar-refractivity contribution in [1.82, 2.24) is 20.3 Å². The van der Waals surface area contributed by atoms with Gasteiger partial charge in [-0.2, -0.15) is 0 Å². The molecule has 1 aromatic heterocycles. The number of hydrogen-bond acceptors (Lipinski definition) is 5.